The quantitative estimate of drug-likeness (QED) is 0.864. The van der Waals surface area contributed by atoms with Gasteiger partial charge in [0.05, 0.1) is 18.6 Å². The molecule has 0 saturated carbocycles. The molecule has 2 N–H and O–H groups in total. The molecule has 0 radical (unpaired) electrons. The van der Waals surface area contributed by atoms with Crippen molar-refractivity contribution in [2.45, 2.75) is 18.9 Å². The monoisotopic (exact) mass is 285 g/mol. The molecule has 6 heteroatoms. The van der Waals surface area contributed by atoms with Gasteiger partial charge in [0.1, 0.15) is 6.10 Å². The average molecular weight is 285 g/mol. The molecule has 0 aliphatic carbocycles. The summed E-state index contributed by atoms with van der Waals surface area (Å²) in [4.78, 5) is 0. The van der Waals surface area contributed by atoms with Gasteiger partial charge in [0, 0.05) is 0 Å². The van der Waals surface area contributed by atoms with E-state index in [9.17, 15) is 8.42 Å². The summed E-state index contributed by atoms with van der Waals surface area (Å²) < 4.78 is 33.9. The summed E-state index contributed by atoms with van der Waals surface area (Å²) in [5, 5.41) is 0. The van der Waals surface area contributed by atoms with Crippen LogP contribution in [-0.2, 0) is 16.3 Å². The van der Waals surface area contributed by atoms with Gasteiger partial charge in [0.2, 0.25) is 0 Å². The molecule has 2 rings (SSSR count). The van der Waals surface area contributed by atoms with E-state index in [1.54, 1.807) is 7.11 Å². The number of ether oxygens (including phenoxy) is 2. The van der Waals surface area contributed by atoms with Gasteiger partial charge in [-0.2, -0.15) is 0 Å². The van der Waals surface area contributed by atoms with Crippen molar-refractivity contribution < 1.29 is 17.9 Å². The van der Waals surface area contributed by atoms with Crippen LogP contribution in [0, 0.1) is 0 Å². The lowest BCUT2D eigenvalue weighted by Gasteiger charge is -2.16. The largest absolute Gasteiger partial charge is 0.493 e. The van der Waals surface area contributed by atoms with Crippen LogP contribution < -0.4 is 15.2 Å². The van der Waals surface area contributed by atoms with E-state index < -0.39 is 9.84 Å². The molecule has 1 saturated heterocycles. The zero-order chi connectivity index (χ0) is 13.9. The minimum absolute atomic E-state index is 0.0806. The second kappa shape index (κ2) is 5.79. The zero-order valence-corrected chi connectivity index (χ0v) is 11.8. The molecular weight excluding hydrogens is 266 g/mol. The van der Waals surface area contributed by atoms with Gasteiger partial charge in [-0.1, -0.05) is 6.07 Å². The van der Waals surface area contributed by atoms with Crippen molar-refractivity contribution in [1.82, 2.24) is 0 Å². The molecule has 1 heterocycles. The van der Waals surface area contributed by atoms with Gasteiger partial charge in [-0.05, 0) is 37.1 Å². The van der Waals surface area contributed by atoms with Crippen LogP contribution >= 0.6 is 0 Å². The summed E-state index contributed by atoms with van der Waals surface area (Å²) in [6.07, 6.45) is 1.00. The number of hydrogen-bond donors (Lipinski definition) is 1. The van der Waals surface area contributed by atoms with Crippen LogP contribution in [0.4, 0.5) is 0 Å². The molecule has 1 aromatic carbocycles. The van der Waals surface area contributed by atoms with Crippen LogP contribution in [0.1, 0.15) is 12.0 Å². The van der Waals surface area contributed by atoms with Crippen molar-refractivity contribution >= 4 is 9.84 Å². The maximum absolute atomic E-state index is 11.4. The topological polar surface area (TPSA) is 78.6 Å². The van der Waals surface area contributed by atoms with E-state index in [4.69, 9.17) is 15.2 Å². The molecule has 1 fully saturated rings. The van der Waals surface area contributed by atoms with Gasteiger partial charge >= 0.3 is 0 Å². The number of nitrogens with two attached hydrogens (primary N) is 1. The molecule has 0 spiro atoms. The molecule has 5 nitrogen and oxygen atoms in total. The van der Waals surface area contributed by atoms with Gasteiger partial charge in [-0.25, -0.2) is 8.42 Å². The van der Waals surface area contributed by atoms with Gasteiger partial charge in [-0.15, -0.1) is 0 Å². The van der Waals surface area contributed by atoms with E-state index >= 15 is 0 Å². The first-order valence-electron chi connectivity index (χ1n) is 6.28. The van der Waals surface area contributed by atoms with Crippen molar-refractivity contribution in [1.29, 1.82) is 0 Å². The number of hydrogen-bond acceptors (Lipinski definition) is 5. The van der Waals surface area contributed by atoms with Crippen LogP contribution in [-0.4, -0.2) is 39.7 Å². The summed E-state index contributed by atoms with van der Waals surface area (Å²) in [6, 6.07) is 5.63. The van der Waals surface area contributed by atoms with Crippen molar-refractivity contribution in [2.75, 3.05) is 25.2 Å². The first-order valence-corrected chi connectivity index (χ1v) is 8.10. The lowest BCUT2D eigenvalue weighted by Crippen LogP contribution is -2.18. The average Bonchev–Trinajstić information content (AvgIpc) is 2.69. The summed E-state index contributed by atoms with van der Waals surface area (Å²) in [6.45, 7) is 0.559. The van der Waals surface area contributed by atoms with E-state index in [2.05, 4.69) is 0 Å². The molecule has 0 aromatic heterocycles. The molecular formula is C13H19NO4S. The highest BCUT2D eigenvalue weighted by Crippen LogP contribution is 2.31. The maximum atomic E-state index is 11.4. The zero-order valence-electron chi connectivity index (χ0n) is 11.0. The smallest absolute Gasteiger partial charge is 0.161 e. The van der Waals surface area contributed by atoms with Crippen molar-refractivity contribution in [2.24, 2.45) is 5.73 Å². The lowest BCUT2D eigenvalue weighted by atomic mass is 10.1. The van der Waals surface area contributed by atoms with Crippen molar-refractivity contribution in [3.05, 3.63) is 23.8 Å². The molecule has 19 heavy (non-hydrogen) atoms. The molecule has 106 valence electrons. The van der Waals surface area contributed by atoms with E-state index in [0.29, 0.717) is 24.5 Å². The molecule has 1 atom stereocenters. The Kier molecular flexibility index (Phi) is 4.31. The van der Waals surface area contributed by atoms with Gasteiger partial charge in [0.25, 0.3) is 0 Å². The molecule has 0 bridgehead atoms. The third-order valence-corrected chi connectivity index (χ3v) is 4.88. The molecule has 0 amide bonds. The minimum atomic E-state index is -2.94. The Bertz CT molecular complexity index is 542. The SMILES string of the molecule is COc1ccc(CCN)cc1OC1CCS(=O)(=O)C1. The second-order valence-corrected chi connectivity index (χ2v) is 6.90. The van der Waals surface area contributed by atoms with E-state index in [1.807, 2.05) is 18.2 Å². The summed E-state index contributed by atoms with van der Waals surface area (Å²) in [5.74, 6) is 1.49. The lowest BCUT2D eigenvalue weighted by molar-refractivity contribution is 0.218. The number of sulfone groups is 1. The Morgan fingerprint density at radius 1 is 1.37 bits per heavy atom. The van der Waals surface area contributed by atoms with Crippen LogP contribution in [0.5, 0.6) is 11.5 Å². The molecule has 1 unspecified atom stereocenters. The fourth-order valence-electron chi connectivity index (χ4n) is 2.17. The molecule has 1 aromatic rings. The predicted molar refractivity (Wildman–Crippen MR) is 73.4 cm³/mol. The van der Waals surface area contributed by atoms with Crippen molar-refractivity contribution in [3.8, 4) is 11.5 Å². The first kappa shape index (κ1) is 14.1. The second-order valence-electron chi connectivity index (χ2n) is 4.67. The predicted octanol–water partition coefficient (Wildman–Crippen LogP) is 0.762. The van der Waals surface area contributed by atoms with Crippen molar-refractivity contribution in [3.63, 3.8) is 0 Å². The molecule has 1 aliphatic heterocycles. The van der Waals surface area contributed by atoms with E-state index in [1.165, 1.54) is 0 Å². The highest BCUT2D eigenvalue weighted by molar-refractivity contribution is 7.91. The maximum Gasteiger partial charge on any atom is 0.161 e. The van der Waals surface area contributed by atoms with E-state index in [-0.39, 0.29) is 17.6 Å². The van der Waals surface area contributed by atoms with Crippen LogP contribution in [0.3, 0.4) is 0 Å². The Hall–Kier alpha value is -1.27. The van der Waals surface area contributed by atoms with Gasteiger partial charge < -0.3 is 15.2 Å². The Morgan fingerprint density at radius 3 is 2.74 bits per heavy atom. The molecule has 1 aliphatic rings. The Labute approximate surface area is 113 Å². The fraction of sp³-hybridized carbons (Fsp3) is 0.538. The Balaban J connectivity index is 2.16. The third kappa shape index (κ3) is 3.61. The Morgan fingerprint density at radius 2 is 2.16 bits per heavy atom. The minimum Gasteiger partial charge on any atom is -0.493 e. The highest BCUT2D eigenvalue weighted by atomic mass is 32.2. The van der Waals surface area contributed by atoms with Gasteiger partial charge in [-0.3, -0.25) is 0 Å². The highest BCUT2D eigenvalue weighted by Gasteiger charge is 2.30. The van der Waals surface area contributed by atoms with Crippen LogP contribution in [0.2, 0.25) is 0 Å². The normalized spacial score (nSPS) is 21.3. The summed E-state index contributed by atoms with van der Waals surface area (Å²) in [7, 11) is -1.38. The fourth-order valence-corrected chi connectivity index (χ4v) is 3.76. The van der Waals surface area contributed by atoms with Crippen LogP contribution in [0.15, 0.2) is 18.2 Å². The van der Waals surface area contributed by atoms with E-state index in [0.717, 1.165) is 12.0 Å². The number of methoxy groups -OCH3 is 1. The number of rotatable bonds is 5. The standard InChI is InChI=1S/C13H19NO4S/c1-17-12-3-2-10(4-6-14)8-13(12)18-11-5-7-19(15,16)9-11/h2-3,8,11H,4-7,9,14H2,1H3. The number of benzene rings is 1. The summed E-state index contributed by atoms with van der Waals surface area (Å²) in [5.41, 5.74) is 6.58. The first-order chi connectivity index (χ1) is 9.04. The van der Waals surface area contributed by atoms with Crippen LogP contribution in [0.25, 0.3) is 0 Å². The van der Waals surface area contributed by atoms with Gasteiger partial charge in [0.15, 0.2) is 21.3 Å². The summed E-state index contributed by atoms with van der Waals surface area (Å²) >= 11 is 0. The third-order valence-electron chi connectivity index (χ3n) is 3.15.